The van der Waals surface area contributed by atoms with Gasteiger partial charge in [-0.2, -0.15) is 0 Å². The zero-order valence-electron chi connectivity index (χ0n) is 48.0. The number of Topliss-reactive ketones (excluding diaryl/α,β-unsaturated/α-hetero) is 3. The minimum atomic E-state index is -1.39. The van der Waals surface area contributed by atoms with Gasteiger partial charge in [-0.1, -0.05) is 130 Å². The first-order chi connectivity index (χ1) is 40.8. The van der Waals surface area contributed by atoms with Crippen LogP contribution in [-0.2, 0) is 72.4 Å². The molecule has 9 rings (SSSR count). The average molecular weight is 1180 g/mol. The van der Waals surface area contributed by atoms with E-state index < -0.39 is 66.2 Å². The van der Waals surface area contributed by atoms with Crippen LogP contribution in [0.15, 0.2) is 146 Å². The number of aliphatic carboxylic acids is 2. The number of aromatic nitrogens is 3. The van der Waals surface area contributed by atoms with E-state index in [1.54, 1.807) is 42.5 Å². The van der Waals surface area contributed by atoms with Crippen molar-refractivity contribution in [2.24, 2.45) is 17.2 Å². The normalized spacial score (nSPS) is 10.6. The maximum atomic E-state index is 12.7. The number of methoxy groups -OCH3 is 1. The topological polar surface area (TPSA) is 327 Å². The molecule has 0 aliphatic rings. The summed E-state index contributed by atoms with van der Waals surface area (Å²) in [6.45, 7) is 5.57. The van der Waals surface area contributed by atoms with Gasteiger partial charge in [-0.3, -0.25) is 28.8 Å². The Hall–Kier alpha value is -9.83. The second kappa shape index (κ2) is 30.1. The van der Waals surface area contributed by atoms with E-state index in [-0.39, 0.29) is 64.4 Å². The fraction of sp³-hybridized carbons (Fsp3) is 0.203. The number of primary amides is 3. The van der Waals surface area contributed by atoms with Gasteiger partial charge in [0.1, 0.15) is 23.9 Å². The Morgan fingerprint density at radius 1 is 0.430 bits per heavy atom. The summed E-state index contributed by atoms with van der Waals surface area (Å²) < 4.78 is 26.8. The van der Waals surface area contributed by atoms with Crippen molar-refractivity contribution in [3.8, 4) is 17.2 Å². The molecule has 0 fully saturated rings. The van der Waals surface area contributed by atoms with Crippen molar-refractivity contribution in [2.45, 2.75) is 59.7 Å². The Morgan fingerprint density at radius 3 is 0.977 bits per heavy atom. The quantitative estimate of drug-likeness (QED) is 0.0293. The summed E-state index contributed by atoms with van der Waals surface area (Å²) in [6.07, 6.45) is 1.45. The summed E-state index contributed by atoms with van der Waals surface area (Å²) in [5.41, 5.74) is 23.5. The van der Waals surface area contributed by atoms with Gasteiger partial charge in [0.2, 0.25) is 0 Å². The molecular formula is C64H61N6NaO15. The number of rotatable bonds is 24. The molecule has 0 unspecified atom stereocenters. The second-order valence-corrected chi connectivity index (χ2v) is 19.0. The van der Waals surface area contributed by atoms with Crippen LogP contribution in [0.5, 0.6) is 17.2 Å². The monoisotopic (exact) mass is 1180 g/mol. The summed E-state index contributed by atoms with van der Waals surface area (Å²) in [5.74, 6) is -7.97. The Morgan fingerprint density at radius 2 is 0.721 bits per heavy atom. The van der Waals surface area contributed by atoms with Crippen molar-refractivity contribution in [3.05, 3.63) is 196 Å². The molecule has 0 aliphatic heterocycles. The van der Waals surface area contributed by atoms with Gasteiger partial charge in [0, 0.05) is 36.7 Å². The van der Waals surface area contributed by atoms with E-state index in [9.17, 15) is 48.3 Å². The number of nitrogens with zero attached hydrogens (tertiary/aromatic N) is 3. The summed E-state index contributed by atoms with van der Waals surface area (Å²) >= 11 is 0. The molecule has 0 saturated heterocycles. The van der Waals surface area contributed by atoms with Gasteiger partial charge in [-0.15, -0.1) is 0 Å². The summed E-state index contributed by atoms with van der Waals surface area (Å²) in [5, 5.41) is 21.0. The summed E-state index contributed by atoms with van der Waals surface area (Å²) in [7, 11) is 1.26. The van der Waals surface area contributed by atoms with Crippen LogP contribution in [0.3, 0.4) is 0 Å². The Labute approximate surface area is 515 Å². The first-order valence-corrected chi connectivity index (χ1v) is 26.8. The standard InChI is InChI=1S/C22H22N2O5.2C21H20N2O5.Na/c1-3-15-20(21(26)22(23)27)19-16(24(15)12-14-8-5-4-6-9-14)10-7-11-17(19)29-13-18(25)28-2;2*1-2-14-19(20(26)21(22)27)18-15(9-6-10-16(18)28-12-17(24)25)23(14)11-13-7-4-3-5-8-13;/h4-11H,3,12-13H2,1-2H3,(H2,23,27);2*3-10H,2,11-12H2,1H3,(H2,22,27)(H,24,25);/q;;;+1/p-1. The number of hydrogen-bond donors (Lipinski definition) is 4. The molecular weight excluding hydrogens is 1120 g/mol. The molecule has 0 aliphatic carbocycles. The SMILES string of the molecule is CCc1c(C(=O)C(N)=O)c2c(OCC(=O)O)cccc2n1Cc1ccccc1.CCc1c(C(=O)C(N)=O)c2c(OCC(=O)OC)cccc2n1Cc1ccccc1.CCc1c(C(=O)C(N)=O)c2c(OCC(=O)[O-])cccc2n1Cc1ccccc1.[Na+]. The molecule has 7 N–H and O–H groups in total. The molecule has 21 nitrogen and oxygen atoms in total. The Balaban J connectivity index is 0.000000205. The largest absolute Gasteiger partial charge is 1.00 e. The van der Waals surface area contributed by atoms with E-state index >= 15 is 0 Å². The second-order valence-electron chi connectivity index (χ2n) is 19.0. The van der Waals surface area contributed by atoms with Crippen LogP contribution >= 0.6 is 0 Å². The minimum absolute atomic E-state index is 0. The Kier molecular flexibility index (Phi) is 22.9. The van der Waals surface area contributed by atoms with Gasteiger partial charge in [0.15, 0.2) is 13.2 Å². The van der Waals surface area contributed by atoms with Crippen LogP contribution in [0, 0.1) is 0 Å². The van der Waals surface area contributed by atoms with Gasteiger partial charge in [0.25, 0.3) is 35.1 Å². The number of ketones is 3. The van der Waals surface area contributed by atoms with Gasteiger partial charge in [0.05, 0.1) is 62.5 Å². The van der Waals surface area contributed by atoms with Crippen LogP contribution in [0.1, 0.15) is 85.6 Å². The van der Waals surface area contributed by atoms with Crippen molar-refractivity contribution in [1.29, 1.82) is 0 Å². The summed E-state index contributed by atoms with van der Waals surface area (Å²) in [4.78, 5) is 106. The van der Waals surface area contributed by atoms with Crippen molar-refractivity contribution >= 4 is 85.7 Å². The predicted molar refractivity (Wildman–Crippen MR) is 312 cm³/mol. The number of esters is 1. The van der Waals surface area contributed by atoms with E-state index in [2.05, 4.69) is 4.74 Å². The molecule has 0 spiro atoms. The number of nitrogens with two attached hydrogens (primary N) is 3. The number of fused-ring (bicyclic) bond motifs is 3. The van der Waals surface area contributed by atoms with Crippen LogP contribution in [0.25, 0.3) is 32.7 Å². The van der Waals surface area contributed by atoms with Gasteiger partial charge in [-0.05, 0) is 72.4 Å². The first-order valence-electron chi connectivity index (χ1n) is 26.8. The van der Waals surface area contributed by atoms with E-state index in [1.165, 1.54) is 7.11 Å². The third-order valence-electron chi connectivity index (χ3n) is 13.7. The van der Waals surface area contributed by atoms with Gasteiger partial charge < -0.3 is 64.9 Å². The van der Waals surface area contributed by atoms with E-state index in [4.69, 9.17) is 36.5 Å². The molecule has 6 aromatic carbocycles. The first kappa shape index (κ1) is 65.3. The van der Waals surface area contributed by atoms with Crippen molar-refractivity contribution in [1.82, 2.24) is 13.7 Å². The number of carbonyl (C=O) groups is 9. The maximum absolute atomic E-state index is 12.7. The minimum Gasteiger partial charge on any atom is -0.546 e. The molecule has 3 aromatic heterocycles. The number of amides is 3. The van der Waals surface area contributed by atoms with Crippen molar-refractivity contribution < 1.29 is 102 Å². The molecule has 3 heterocycles. The van der Waals surface area contributed by atoms with E-state index in [1.807, 2.05) is 138 Å². The average Bonchev–Trinajstić information content (AvgIpc) is 1.81. The number of ether oxygens (including phenoxy) is 4. The predicted octanol–water partition coefficient (Wildman–Crippen LogP) is 2.91. The van der Waals surface area contributed by atoms with Crippen molar-refractivity contribution in [3.63, 3.8) is 0 Å². The number of carbonyl (C=O) groups excluding carboxylic acids is 8. The fourth-order valence-electron chi connectivity index (χ4n) is 10.1. The van der Waals surface area contributed by atoms with Crippen LogP contribution < -0.4 is 66.1 Å². The molecule has 9 aromatic rings. The molecule has 0 radical (unpaired) electrons. The van der Waals surface area contributed by atoms with Gasteiger partial charge >= 0.3 is 41.5 Å². The van der Waals surface area contributed by atoms with Crippen LogP contribution in [0.2, 0.25) is 0 Å². The van der Waals surface area contributed by atoms with Crippen LogP contribution in [-0.4, -0.2) is 98.7 Å². The number of carboxylic acid groups (broad SMARTS) is 2. The molecule has 86 heavy (non-hydrogen) atoms. The van der Waals surface area contributed by atoms with Gasteiger partial charge in [-0.25, -0.2) is 9.59 Å². The zero-order valence-corrected chi connectivity index (χ0v) is 50.0. The van der Waals surface area contributed by atoms with E-state index in [0.29, 0.717) is 88.9 Å². The number of hydrogen-bond acceptors (Lipinski definition) is 14. The molecule has 0 bridgehead atoms. The number of benzene rings is 6. The van der Waals surface area contributed by atoms with Crippen molar-refractivity contribution in [2.75, 3.05) is 26.9 Å². The maximum Gasteiger partial charge on any atom is 1.00 e. The molecule has 438 valence electrons. The zero-order chi connectivity index (χ0) is 61.5. The molecule has 3 amide bonds. The molecule has 22 heteroatoms. The van der Waals surface area contributed by atoms with E-state index in [0.717, 1.165) is 22.2 Å². The Bertz CT molecular complexity index is 3830. The molecule has 0 atom stereocenters. The summed E-state index contributed by atoms with van der Waals surface area (Å²) in [6, 6.07) is 44.5. The smallest absolute Gasteiger partial charge is 0.546 e. The third-order valence-corrected chi connectivity index (χ3v) is 13.7. The fourth-order valence-corrected chi connectivity index (χ4v) is 10.1. The molecule has 0 saturated carbocycles. The third kappa shape index (κ3) is 14.9. The van der Waals surface area contributed by atoms with Crippen LogP contribution in [0.4, 0.5) is 0 Å². The number of carboxylic acids is 2.